The van der Waals surface area contributed by atoms with Gasteiger partial charge in [0.2, 0.25) is 5.91 Å². The fraction of sp³-hybridized carbons (Fsp3) is 0.158. The maximum atomic E-state index is 13.2. The first-order valence-electron chi connectivity index (χ1n) is 8.27. The molecule has 2 aromatic heterocycles. The molecule has 7 nitrogen and oxygen atoms in total. The summed E-state index contributed by atoms with van der Waals surface area (Å²) in [5, 5.41) is 2.89. The van der Waals surface area contributed by atoms with E-state index in [2.05, 4.69) is 15.3 Å². The van der Waals surface area contributed by atoms with Gasteiger partial charge in [-0.05, 0) is 35.4 Å². The number of nitrogens with zero attached hydrogens (tertiary/aromatic N) is 2. The number of aryl methyl sites for hydroxylation is 1. The number of aromatic amines is 1. The maximum Gasteiger partial charge on any atom is 0.328 e. The minimum absolute atomic E-state index is 0.0364. The van der Waals surface area contributed by atoms with Gasteiger partial charge >= 0.3 is 5.69 Å². The lowest BCUT2D eigenvalue weighted by Gasteiger charge is -2.20. The van der Waals surface area contributed by atoms with E-state index in [1.807, 2.05) is 0 Å². The van der Waals surface area contributed by atoms with E-state index in [9.17, 15) is 18.8 Å². The second-order valence-corrected chi connectivity index (χ2v) is 5.89. The van der Waals surface area contributed by atoms with E-state index in [-0.39, 0.29) is 24.7 Å². The van der Waals surface area contributed by atoms with Gasteiger partial charge in [0.15, 0.2) is 0 Å². The van der Waals surface area contributed by atoms with Crippen LogP contribution in [0.5, 0.6) is 0 Å². The molecule has 138 valence electrons. The lowest BCUT2D eigenvalue weighted by molar-refractivity contribution is -0.121. The molecule has 1 atom stereocenters. The van der Waals surface area contributed by atoms with Gasteiger partial charge in [0.25, 0.3) is 5.56 Å². The number of rotatable bonds is 6. The Labute approximate surface area is 153 Å². The summed E-state index contributed by atoms with van der Waals surface area (Å²) in [4.78, 5) is 41.3. The number of carbonyl (C=O) groups excluding carboxylic acids is 1. The lowest BCUT2D eigenvalue weighted by atomic mass is 9.99. The zero-order chi connectivity index (χ0) is 19.2. The highest BCUT2D eigenvalue weighted by Crippen LogP contribution is 2.22. The molecule has 0 saturated heterocycles. The molecule has 2 heterocycles. The molecule has 27 heavy (non-hydrogen) atoms. The number of amides is 1. The molecule has 3 aromatic rings. The van der Waals surface area contributed by atoms with Crippen molar-refractivity contribution in [3.8, 4) is 0 Å². The standard InChI is InChI=1S/C19H17FN4O3/c20-15-3-1-13(2-4-15)18(14-5-9-21-10-6-14)22-16(25)7-11-24-12-8-17(26)23-19(24)27/h1-6,8-10,12,18H,7,11H2,(H,22,25)(H,23,26,27)/t18-/m0/s1. The number of nitrogens with one attached hydrogen (secondary N) is 2. The molecule has 0 bridgehead atoms. The number of halogens is 1. The summed E-state index contributed by atoms with van der Waals surface area (Å²) in [6.07, 6.45) is 4.60. The van der Waals surface area contributed by atoms with Crippen LogP contribution in [0.3, 0.4) is 0 Å². The molecule has 2 N–H and O–H groups in total. The van der Waals surface area contributed by atoms with Crippen molar-refractivity contribution in [1.29, 1.82) is 0 Å². The van der Waals surface area contributed by atoms with Gasteiger partial charge in [-0.1, -0.05) is 12.1 Å². The molecule has 0 fully saturated rings. The van der Waals surface area contributed by atoms with Gasteiger partial charge < -0.3 is 9.88 Å². The summed E-state index contributed by atoms with van der Waals surface area (Å²) in [5.74, 6) is -0.657. The largest absolute Gasteiger partial charge is 0.345 e. The molecule has 0 saturated carbocycles. The third kappa shape index (κ3) is 4.75. The fourth-order valence-electron chi connectivity index (χ4n) is 2.65. The Morgan fingerprint density at radius 2 is 1.74 bits per heavy atom. The Bertz CT molecular complexity index is 1030. The topological polar surface area (TPSA) is 96.9 Å². The number of H-pyrrole nitrogens is 1. The molecule has 0 spiro atoms. The fourth-order valence-corrected chi connectivity index (χ4v) is 2.65. The van der Waals surface area contributed by atoms with Crippen LogP contribution in [0.4, 0.5) is 4.39 Å². The highest BCUT2D eigenvalue weighted by molar-refractivity contribution is 5.76. The Morgan fingerprint density at radius 3 is 2.41 bits per heavy atom. The normalized spacial score (nSPS) is 11.7. The molecule has 0 aliphatic heterocycles. The van der Waals surface area contributed by atoms with Crippen molar-refractivity contribution in [3.63, 3.8) is 0 Å². The number of pyridine rings is 1. The van der Waals surface area contributed by atoms with Crippen LogP contribution in [-0.2, 0) is 11.3 Å². The minimum Gasteiger partial charge on any atom is -0.345 e. The molecule has 0 aliphatic rings. The van der Waals surface area contributed by atoms with E-state index in [0.29, 0.717) is 0 Å². The van der Waals surface area contributed by atoms with Crippen molar-refractivity contribution < 1.29 is 9.18 Å². The highest BCUT2D eigenvalue weighted by Gasteiger charge is 2.17. The second-order valence-electron chi connectivity index (χ2n) is 5.89. The van der Waals surface area contributed by atoms with Crippen molar-refractivity contribution in [1.82, 2.24) is 19.9 Å². The Balaban J connectivity index is 1.75. The second kappa shape index (κ2) is 8.22. The summed E-state index contributed by atoms with van der Waals surface area (Å²) in [6.45, 7) is 0.119. The number of aromatic nitrogens is 3. The molecular formula is C19H17FN4O3. The van der Waals surface area contributed by atoms with Gasteiger partial charge in [-0.25, -0.2) is 9.18 Å². The number of hydrogen-bond donors (Lipinski definition) is 2. The quantitative estimate of drug-likeness (QED) is 0.687. The van der Waals surface area contributed by atoms with Gasteiger partial charge in [-0.2, -0.15) is 0 Å². The third-order valence-electron chi connectivity index (χ3n) is 4.02. The van der Waals surface area contributed by atoms with Crippen LogP contribution in [0, 0.1) is 5.82 Å². The van der Waals surface area contributed by atoms with E-state index in [0.717, 1.165) is 11.1 Å². The summed E-state index contributed by atoms with van der Waals surface area (Å²) < 4.78 is 14.5. The van der Waals surface area contributed by atoms with Crippen molar-refractivity contribution in [3.05, 3.63) is 98.8 Å². The van der Waals surface area contributed by atoms with Crippen LogP contribution < -0.4 is 16.6 Å². The Morgan fingerprint density at radius 1 is 1.07 bits per heavy atom. The predicted molar refractivity (Wildman–Crippen MR) is 96.6 cm³/mol. The van der Waals surface area contributed by atoms with E-state index in [1.54, 1.807) is 36.7 Å². The number of benzene rings is 1. The van der Waals surface area contributed by atoms with Gasteiger partial charge in [0.05, 0.1) is 6.04 Å². The van der Waals surface area contributed by atoms with E-state index in [4.69, 9.17) is 0 Å². The molecule has 3 rings (SSSR count). The van der Waals surface area contributed by atoms with Gasteiger partial charge in [0.1, 0.15) is 5.82 Å². The first-order chi connectivity index (χ1) is 13.0. The molecule has 1 amide bonds. The van der Waals surface area contributed by atoms with Crippen LogP contribution in [-0.4, -0.2) is 20.4 Å². The average molecular weight is 368 g/mol. The van der Waals surface area contributed by atoms with E-state index >= 15 is 0 Å². The molecule has 0 unspecified atom stereocenters. The van der Waals surface area contributed by atoms with Crippen LogP contribution in [0.15, 0.2) is 70.6 Å². The highest BCUT2D eigenvalue weighted by atomic mass is 19.1. The first-order valence-corrected chi connectivity index (χ1v) is 8.27. The molecule has 1 aromatic carbocycles. The van der Waals surface area contributed by atoms with Gasteiger partial charge in [-0.3, -0.25) is 19.6 Å². The third-order valence-corrected chi connectivity index (χ3v) is 4.02. The number of carbonyl (C=O) groups is 1. The van der Waals surface area contributed by atoms with Crippen LogP contribution in [0.25, 0.3) is 0 Å². The summed E-state index contributed by atoms with van der Waals surface area (Å²) in [5.41, 5.74) is 0.456. The summed E-state index contributed by atoms with van der Waals surface area (Å²) >= 11 is 0. The minimum atomic E-state index is -0.570. The van der Waals surface area contributed by atoms with E-state index < -0.39 is 17.3 Å². The Hall–Kier alpha value is -3.55. The molecule has 0 radical (unpaired) electrons. The van der Waals surface area contributed by atoms with Crippen LogP contribution in [0.2, 0.25) is 0 Å². The van der Waals surface area contributed by atoms with Gasteiger partial charge in [-0.15, -0.1) is 0 Å². The van der Waals surface area contributed by atoms with Crippen molar-refractivity contribution >= 4 is 5.91 Å². The van der Waals surface area contributed by atoms with Crippen molar-refractivity contribution in [2.24, 2.45) is 0 Å². The summed E-state index contributed by atoms with van der Waals surface area (Å²) in [6, 6.07) is 10.1. The van der Waals surface area contributed by atoms with Crippen LogP contribution >= 0.6 is 0 Å². The predicted octanol–water partition coefficient (Wildman–Crippen LogP) is 1.37. The smallest absolute Gasteiger partial charge is 0.328 e. The zero-order valence-corrected chi connectivity index (χ0v) is 14.3. The lowest BCUT2D eigenvalue weighted by Crippen LogP contribution is -2.33. The molecule has 0 aliphatic carbocycles. The average Bonchev–Trinajstić information content (AvgIpc) is 2.67. The van der Waals surface area contributed by atoms with Gasteiger partial charge in [0, 0.05) is 37.6 Å². The summed E-state index contributed by atoms with van der Waals surface area (Å²) in [7, 11) is 0. The molecule has 8 heteroatoms. The SMILES string of the molecule is O=C(CCn1ccc(=O)[nH]c1=O)N[C@H](c1ccncc1)c1ccc(F)cc1. The van der Waals surface area contributed by atoms with E-state index in [1.165, 1.54) is 29.0 Å². The molecular weight excluding hydrogens is 351 g/mol. The first kappa shape index (κ1) is 18.2. The van der Waals surface area contributed by atoms with Crippen molar-refractivity contribution in [2.75, 3.05) is 0 Å². The van der Waals surface area contributed by atoms with Crippen LogP contribution in [0.1, 0.15) is 23.6 Å². The maximum absolute atomic E-state index is 13.2. The monoisotopic (exact) mass is 368 g/mol. The van der Waals surface area contributed by atoms with Crippen molar-refractivity contribution in [2.45, 2.75) is 19.0 Å². The zero-order valence-electron chi connectivity index (χ0n) is 14.3. The number of hydrogen-bond acceptors (Lipinski definition) is 4. The Kier molecular flexibility index (Phi) is 5.55.